The van der Waals surface area contributed by atoms with Crippen LogP contribution in [-0.4, -0.2) is 15.0 Å². The van der Waals surface area contributed by atoms with Gasteiger partial charge in [-0.25, -0.2) is 9.97 Å². The Balaban J connectivity index is 1.27. The zero-order valence-electron chi connectivity index (χ0n) is 24.0. The van der Waals surface area contributed by atoms with Crippen molar-refractivity contribution in [3.8, 4) is 22.4 Å². The fourth-order valence-electron chi connectivity index (χ4n) is 7.02. The maximum absolute atomic E-state index is 6.29. The molecule has 10 rings (SSSR count). The molecule has 0 fully saturated rings. The topological polar surface area (TPSA) is 51.8 Å². The standard InChI is InChI=1S/C41H23N3O/c1-6-14-33-26(8-1)23-36-41(43-33)32-22-27(18-20-35(32)45-36)37-28-10-2-4-12-30(28)38(31-13-5-3-11-29(31)37)34-19-17-25-16-15-24-9-7-21-42-39(24)40(25)44-34/h1-23H. The van der Waals surface area contributed by atoms with Gasteiger partial charge in [0.05, 0.1) is 22.2 Å². The fourth-order valence-corrected chi connectivity index (χ4v) is 7.02. The summed E-state index contributed by atoms with van der Waals surface area (Å²) in [5, 5.41) is 8.93. The summed E-state index contributed by atoms with van der Waals surface area (Å²) in [4.78, 5) is 15.0. The molecule has 45 heavy (non-hydrogen) atoms. The van der Waals surface area contributed by atoms with Gasteiger partial charge < -0.3 is 4.42 Å². The highest BCUT2D eigenvalue weighted by Gasteiger charge is 2.19. The summed E-state index contributed by atoms with van der Waals surface area (Å²) in [7, 11) is 0. The summed E-state index contributed by atoms with van der Waals surface area (Å²) in [5.41, 5.74) is 9.70. The van der Waals surface area contributed by atoms with Crippen LogP contribution in [0.15, 0.2) is 144 Å². The normalized spacial score (nSPS) is 12.0. The SMILES string of the molecule is c1ccc2nc3c(cc2c1)oc1ccc(-c2c4ccccc4c(-c4ccc5ccc6cccnc6c5n4)c4ccccc24)cc13. The lowest BCUT2D eigenvalue weighted by Gasteiger charge is -2.17. The third-order valence-corrected chi connectivity index (χ3v) is 9.05. The number of aromatic nitrogens is 3. The van der Waals surface area contributed by atoms with E-state index in [1.165, 1.54) is 16.3 Å². The van der Waals surface area contributed by atoms with E-state index in [0.29, 0.717) is 0 Å². The molecule has 6 aromatic carbocycles. The maximum Gasteiger partial charge on any atom is 0.154 e. The largest absolute Gasteiger partial charge is 0.454 e. The summed E-state index contributed by atoms with van der Waals surface area (Å²) < 4.78 is 6.29. The van der Waals surface area contributed by atoms with Crippen LogP contribution in [0.4, 0.5) is 0 Å². The molecule has 0 unspecified atom stereocenters. The molecule has 0 aliphatic rings. The first kappa shape index (κ1) is 24.3. The lowest BCUT2D eigenvalue weighted by atomic mass is 9.87. The number of pyridine rings is 3. The van der Waals surface area contributed by atoms with Crippen molar-refractivity contribution in [1.29, 1.82) is 0 Å². The molecule has 0 saturated heterocycles. The smallest absolute Gasteiger partial charge is 0.154 e. The van der Waals surface area contributed by atoms with Crippen molar-refractivity contribution in [1.82, 2.24) is 15.0 Å². The average Bonchev–Trinajstić information content (AvgIpc) is 3.45. The van der Waals surface area contributed by atoms with Gasteiger partial charge in [-0.3, -0.25) is 4.98 Å². The summed E-state index contributed by atoms with van der Waals surface area (Å²) >= 11 is 0. The molecule has 208 valence electrons. The molecule has 0 spiro atoms. The van der Waals surface area contributed by atoms with Gasteiger partial charge in [-0.1, -0.05) is 97.1 Å². The molecule has 0 aliphatic carbocycles. The van der Waals surface area contributed by atoms with Gasteiger partial charge in [0.15, 0.2) is 5.58 Å². The van der Waals surface area contributed by atoms with Crippen molar-refractivity contribution in [2.24, 2.45) is 0 Å². The second-order valence-electron chi connectivity index (χ2n) is 11.6. The minimum atomic E-state index is 0.801. The second-order valence-corrected chi connectivity index (χ2v) is 11.6. The average molecular weight is 574 g/mol. The number of hydrogen-bond donors (Lipinski definition) is 0. The van der Waals surface area contributed by atoms with Crippen molar-refractivity contribution in [3.05, 3.63) is 140 Å². The van der Waals surface area contributed by atoms with Gasteiger partial charge in [0.25, 0.3) is 0 Å². The van der Waals surface area contributed by atoms with E-state index in [0.717, 1.165) is 82.4 Å². The van der Waals surface area contributed by atoms with Gasteiger partial charge in [-0.15, -0.1) is 0 Å². The first-order chi connectivity index (χ1) is 22.3. The predicted octanol–water partition coefficient (Wildman–Crippen LogP) is 10.9. The first-order valence-electron chi connectivity index (χ1n) is 15.1. The molecule has 4 aromatic heterocycles. The van der Waals surface area contributed by atoms with Gasteiger partial charge >= 0.3 is 0 Å². The molecule has 0 saturated carbocycles. The van der Waals surface area contributed by atoms with E-state index in [1.54, 1.807) is 0 Å². The lowest BCUT2D eigenvalue weighted by molar-refractivity contribution is 0.669. The number of fused-ring (bicyclic) bond motifs is 9. The molecule has 10 aromatic rings. The number of furan rings is 1. The fraction of sp³-hybridized carbons (Fsp3) is 0. The van der Waals surface area contributed by atoms with Crippen LogP contribution >= 0.6 is 0 Å². The Labute approximate surface area is 257 Å². The molecule has 4 heterocycles. The van der Waals surface area contributed by atoms with Gasteiger partial charge in [0.1, 0.15) is 11.1 Å². The van der Waals surface area contributed by atoms with Gasteiger partial charge in [-0.2, -0.15) is 0 Å². The zero-order valence-corrected chi connectivity index (χ0v) is 24.0. The lowest BCUT2D eigenvalue weighted by Crippen LogP contribution is -1.93. The van der Waals surface area contributed by atoms with Crippen LogP contribution in [0.25, 0.3) is 98.7 Å². The van der Waals surface area contributed by atoms with Gasteiger partial charge in [0.2, 0.25) is 0 Å². The minimum Gasteiger partial charge on any atom is -0.454 e. The quantitative estimate of drug-likeness (QED) is 0.152. The molecular formula is C41H23N3O. The Kier molecular flexibility index (Phi) is 4.96. The Bertz CT molecular complexity index is 2770. The second kappa shape index (κ2) is 9.18. The third kappa shape index (κ3) is 3.57. The van der Waals surface area contributed by atoms with E-state index in [2.05, 4.69) is 115 Å². The zero-order chi connectivity index (χ0) is 29.5. The molecule has 0 atom stereocenters. The van der Waals surface area contributed by atoms with E-state index in [1.807, 2.05) is 24.4 Å². The summed E-state index contributed by atoms with van der Waals surface area (Å²) in [6.07, 6.45) is 1.84. The van der Waals surface area contributed by atoms with E-state index in [9.17, 15) is 0 Å². The van der Waals surface area contributed by atoms with Gasteiger partial charge in [-0.05, 0) is 69.1 Å². The van der Waals surface area contributed by atoms with Crippen molar-refractivity contribution in [2.45, 2.75) is 0 Å². The summed E-state index contributed by atoms with van der Waals surface area (Å²) in [5.74, 6) is 0. The van der Waals surface area contributed by atoms with Crippen molar-refractivity contribution in [3.63, 3.8) is 0 Å². The number of hydrogen-bond acceptors (Lipinski definition) is 4. The molecule has 0 aliphatic heterocycles. The highest BCUT2D eigenvalue weighted by Crippen LogP contribution is 2.44. The Morgan fingerprint density at radius 3 is 1.89 bits per heavy atom. The van der Waals surface area contributed by atoms with E-state index in [-0.39, 0.29) is 0 Å². The molecule has 0 amide bonds. The summed E-state index contributed by atoms with van der Waals surface area (Å²) in [6.45, 7) is 0. The summed E-state index contributed by atoms with van der Waals surface area (Å²) in [6, 6.07) is 46.7. The Hall–Kier alpha value is -6.13. The number of para-hydroxylation sites is 1. The van der Waals surface area contributed by atoms with Crippen LogP contribution in [0.1, 0.15) is 0 Å². The van der Waals surface area contributed by atoms with Gasteiger partial charge in [0, 0.05) is 33.3 Å². The third-order valence-electron chi connectivity index (χ3n) is 9.05. The van der Waals surface area contributed by atoms with E-state index in [4.69, 9.17) is 19.4 Å². The molecule has 0 bridgehead atoms. The number of nitrogens with zero attached hydrogens (tertiary/aromatic N) is 3. The van der Waals surface area contributed by atoms with E-state index < -0.39 is 0 Å². The van der Waals surface area contributed by atoms with Crippen molar-refractivity contribution < 1.29 is 4.42 Å². The number of benzene rings is 6. The molecule has 0 N–H and O–H groups in total. The van der Waals surface area contributed by atoms with E-state index >= 15 is 0 Å². The molecule has 4 nitrogen and oxygen atoms in total. The number of rotatable bonds is 2. The molecule has 0 radical (unpaired) electrons. The Morgan fingerprint density at radius 2 is 1.09 bits per heavy atom. The van der Waals surface area contributed by atoms with Crippen LogP contribution in [0.2, 0.25) is 0 Å². The Morgan fingerprint density at radius 1 is 0.422 bits per heavy atom. The highest BCUT2D eigenvalue weighted by molar-refractivity contribution is 6.22. The molecule has 4 heteroatoms. The molecular weight excluding hydrogens is 550 g/mol. The minimum absolute atomic E-state index is 0.801. The van der Waals surface area contributed by atoms with Crippen LogP contribution in [-0.2, 0) is 0 Å². The van der Waals surface area contributed by atoms with Crippen molar-refractivity contribution in [2.75, 3.05) is 0 Å². The highest BCUT2D eigenvalue weighted by atomic mass is 16.3. The maximum atomic E-state index is 6.29. The van der Waals surface area contributed by atoms with Crippen LogP contribution in [0.5, 0.6) is 0 Å². The van der Waals surface area contributed by atoms with Crippen LogP contribution in [0, 0.1) is 0 Å². The first-order valence-corrected chi connectivity index (χ1v) is 15.1. The van der Waals surface area contributed by atoms with Crippen molar-refractivity contribution >= 4 is 76.3 Å². The monoisotopic (exact) mass is 573 g/mol. The predicted molar refractivity (Wildman–Crippen MR) is 186 cm³/mol. The van der Waals surface area contributed by atoms with Crippen LogP contribution < -0.4 is 0 Å². The van der Waals surface area contributed by atoms with Crippen LogP contribution in [0.3, 0.4) is 0 Å².